The molecule has 0 unspecified atom stereocenters. The van der Waals surface area contributed by atoms with Gasteiger partial charge >= 0.3 is 0 Å². The molecule has 3 nitrogen and oxygen atoms in total. The number of unbranched alkanes of at least 4 members (excludes halogenated alkanes) is 5. The van der Waals surface area contributed by atoms with Crippen molar-refractivity contribution in [1.82, 2.24) is 9.55 Å². The fourth-order valence-corrected chi connectivity index (χ4v) is 2.54. The number of imidazole rings is 1. The summed E-state index contributed by atoms with van der Waals surface area (Å²) >= 11 is 0. The standard InChI is InChI=1S/C16H25N3/c1-3-4-5-6-7-8-11-19-15-12-13(2)9-10-14(15)18-16(19)17/h9-10,12H,3-8,11H2,1-2H3,(H2,17,18). The molecule has 0 bridgehead atoms. The zero-order chi connectivity index (χ0) is 13.7. The van der Waals surface area contributed by atoms with Crippen molar-refractivity contribution in [3.8, 4) is 0 Å². The number of fused-ring (bicyclic) bond motifs is 1. The maximum absolute atomic E-state index is 6.02. The lowest BCUT2D eigenvalue weighted by molar-refractivity contribution is 0.567. The average Bonchev–Trinajstić information content (AvgIpc) is 2.69. The lowest BCUT2D eigenvalue weighted by Gasteiger charge is -2.06. The second-order valence-electron chi connectivity index (χ2n) is 5.38. The minimum absolute atomic E-state index is 0.647. The molecule has 1 aromatic carbocycles. The first-order valence-electron chi connectivity index (χ1n) is 7.44. The van der Waals surface area contributed by atoms with Crippen molar-refractivity contribution < 1.29 is 0 Å². The molecule has 0 aliphatic rings. The largest absolute Gasteiger partial charge is 0.369 e. The predicted octanol–water partition coefficient (Wildman–Crippen LogP) is 4.29. The Morgan fingerprint density at radius 3 is 2.63 bits per heavy atom. The predicted molar refractivity (Wildman–Crippen MR) is 82.3 cm³/mol. The molecule has 2 rings (SSSR count). The third kappa shape index (κ3) is 3.49. The molecule has 0 aliphatic carbocycles. The molecule has 0 saturated carbocycles. The number of anilines is 1. The van der Waals surface area contributed by atoms with E-state index in [1.54, 1.807) is 0 Å². The SMILES string of the molecule is CCCCCCCCn1c(N)nc2ccc(C)cc21. The molecule has 19 heavy (non-hydrogen) atoms. The lowest BCUT2D eigenvalue weighted by atomic mass is 10.1. The van der Waals surface area contributed by atoms with Crippen molar-refractivity contribution in [3.05, 3.63) is 23.8 Å². The van der Waals surface area contributed by atoms with Gasteiger partial charge in [0.05, 0.1) is 11.0 Å². The van der Waals surface area contributed by atoms with E-state index in [-0.39, 0.29) is 0 Å². The van der Waals surface area contributed by atoms with E-state index in [1.165, 1.54) is 49.6 Å². The van der Waals surface area contributed by atoms with Gasteiger partial charge in [-0.3, -0.25) is 0 Å². The Morgan fingerprint density at radius 1 is 1.11 bits per heavy atom. The van der Waals surface area contributed by atoms with Crippen molar-refractivity contribution in [2.24, 2.45) is 0 Å². The van der Waals surface area contributed by atoms with Crippen LogP contribution in [0.5, 0.6) is 0 Å². The number of rotatable bonds is 7. The summed E-state index contributed by atoms with van der Waals surface area (Å²) in [5, 5.41) is 0. The molecule has 3 heteroatoms. The van der Waals surface area contributed by atoms with Crippen LogP contribution in [0.2, 0.25) is 0 Å². The van der Waals surface area contributed by atoms with E-state index in [9.17, 15) is 0 Å². The van der Waals surface area contributed by atoms with Crippen LogP contribution >= 0.6 is 0 Å². The van der Waals surface area contributed by atoms with Crippen LogP contribution in [0.25, 0.3) is 11.0 Å². The van der Waals surface area contributed by atoms with Crippen LogP contribution in [-0.2, 0) is 6.54 Å². The van der Waals surface area contributed by atoms with Gasteiger partial charge in [0.1, 0.15) is 0 Å². The van der Waals surface area contributed by atoms with E-state index in [0.29, 0.717) is 5.95 Å². The lowest BCUT2D eigenvalue weighted by Crippen LogP contribution is -2.03. The number of hydrogen-bond donors (Lipinski definition) is 1. The Bertz CT molecular complexity index is 528. The number of nitrogens with zero attached hydrogens (tertiary/aromatic N) is 2. The third-order valence-electron chi connectivity index (χ3n) is 3.67. The first kappa shape index (κ1) is 13.9. The molecule has 0 fully saturated rings. The van der Waals surface area contributed by atoms with Crippen LogP contribution in [0.3, 0.4) is 0 Å². The zero-order valence-electron chi connectivity index (χ0n) is 12.2. The number of nitrogen functional groups attached to an aromatic ring is 1. The second-order valence-corrected chi connectivity index (χ2v) is 5.38. The van der Waals surface area contributed by atoms with E-state index in [2.05, 4.69) is 41.6 Å². The van der Waals surface area contributed by atoms with Crippen molar-refractivity contribution in [3.63, 3.8) is 0 Å². The van der Waals surface area contributed by atoms with Crippen molar-refractivity contribution in [2.75, 3.05) is 5.73 Å². The normalized spacial score (nSPS) is 11.3. The fourth-order valence-electron chi connectivity index (χ4n) is 2.54. The van der Waals surface area contributed by atoms with E-state index in [0.717, 1.165) is 12.1 Å². The Hall–Kier alpha value is -1.51. The van der Waals surface area contributed by atoms with E-state index >= 15 is 0 Å². The van der Waals surface area contributed by atoms with Crippen LogP contribution in [0.1, 0.15) is 51.0 Å². The Kier molecular flexibility index (Phi) is 4.83. The van der Waals surface area contributed by atoms with Crippen LogP contribution in [0, 0.1) is 6.92 Å². The molecule has 1 heterocycles. The monoisotopic (exact) mass is 259 g/mol. The zero-order valence-corrected chi connectivity index (χ0v) is 12.2. The van der Waals surface area contributed by atoms with Gasteiger partial charge in [-0.05, 0) is 31.0 Å². The fraction of sp³-hybridized carbons (Fsp3) is 0.562. The summed E-state index contributed by atoms with van der Waals surface area (Å²) in [5.74, 6) is 0.647. The van der Waals surface area contributed by atoms with Crippen LogP contribution < -0.4 is 5.73 Å². The molecule has 0 radical (unpaired) electrons. The van der Waals surface area contributed by atoms with Gasteiger partial charge in [-0.2, -0.15) is 0 Å². The van der Waals surface area contributed by atoms with Gasteiger partial charge < -0.3 is 10.3 Å². The van der Waals surface area contributed by atoms with E-state index < -0.39 is 0 Å². The minimum atomic E-state index is 0.647. The molecule has 2 aromatic rings. The second kappa shape index (κ2) is 6.60. The number of hydrogen-bond acceptors (Lipinski definition) is 2. The van der Waals surface area contributed by atoms with Crippen LogP contribution in [0.15, 0.2) is 18.2 Å². The summed E-state index contributed by atoms with van der Waals surface area (Å²) in [4.78, 5) is 4.42. The molecule has 1 aromatic heterocycles. The number of benzene rings is 1. The minimum Gasteiger partial charge on any atom is -0.369 e. The van der Waals surface area contributed by atoms with Gasteiger partial charge in [0.2, 0.25) is 5.95 Å². The highest BCUT2D eigenvalue weighted by atomic mass is 15.1. The molecule has 0 aliphatic heterocycles. The highest BCUT2D eigenvalue weighted by molar-refractivity contribution is 5.79. The van der Waals surface area contributed by atoms with Crippen molar-refractivity contribution in [2.45, 2.75) is 58.9 Å². The summed E-state index contributed by atoms with van der Waals surface area (Å²) in [6.07, 6.45) is 7.82. The summed E-state index contributed by atoms with van der Waals surface area (Å²) in [6, 6.07) is 6.32. The molecule has 0 spiro atoms. The quantitative estimate of drug-likeness (QED) is 0.754. The topological polar surface area (TPSA) is 43.8 Å². The first-order valence-corrected chi connectivity index (χ1v) is 7.44. The van der Waals surface area contributed by atoms with Gasteiger partial charge in [0.15, 0.2) is 0 Å². The molecule has 2 N–H and O–H groups in total. The molecule has 0 atom stereocenters. The number of aryl methyl sites for hydroxylation is 2. The van der Waals surface area contributed by atoms with Gasteiger partial charge in [0, 0.05) is 6.54 Å². The highest BCUT2D eigenvalue weighted by Gasteiger charge is 2.07. The van der Waals surface area contributed by atoms with E-state index in [1.807, 2.05) is 0 Å². The molecular weight excluding hydrogens is 234 g/mol. The summed E-state index contributed by atoms with van der Waals surface area (Å²) in [7, 11) is 0. The maximum Gasteiger partial charge on any atom is 0.201 e. The van der Waals surface area contributed by atoms with Crippen LogP contribution in [0.4, 0.5) is 5.95 Å². The van der Waals surface area contributed by atoms with Crippen molar-refractivity contribution in [1.29, 1.82) is 0 Å². The smallest absolute Gasteiger partial charge is 0.201 e. The van der Waals surface area contributed by atoms with Gasteiger partial charge in [-0.15, -0.1) is 0 Å². The Labute approximate surface area is 115 Å². The Morgan fingerprint density at radius 2 is 1.84 bits per heavy atom. The number of aromatic nitrogens is 2. The maximum atomic E-state index is 6.02. The molecular formula is C16H25N3. The summed E-state index contributed by atoms with van der Waals surface area (Å²) in [6.45, 7) is 5.34. The van der Waals surface area contributed by atoms with Gasteiger partial charge in [0.25, 0.3) is 0 Å². The summed E-state index contributed by atoms with van der Waals surface area (Å²) in [5.41, 5.74) is 9.46. The number of nitrogens with two attached hydrogens (primary N) is 1. The highest BCUT2D eigenvalue weighted by Crippen LogP contribution is 2.20. The third-order valence-corrected chi connectivity index (χ3v) is 3.67. The van der Waals surface area contributed by atoms with Gasteiger partial charge in [-0.25, -0.2) is 4.98 Å². The van der Waals surface area contributed by atoms with E-state index in [4.69, 9.17) is 5.73 Å². The van der Waals surface area contributed by atoms with Crippen LogP contribution in [-0.4, -0.2) is 9.55 Å². The first-order chi connectivity index (χ1) is 9.22. The molecule has 0 saturated heterocycles. The Balaban J connectivity index is 1.96. The van der Waals surface area contributed by atoms with Gasteiger partial charge in [-0.1, -0.05) is 45.1 Å². The summed E-state index contributed by atoms with van der Waals surface area (Å²) < 4.78 is 2.15. The molecule has 0 amide bonds. The average molecular weight is 259 g/mol. The molecule has 104 valence electrons. The van der Waals surface area contributed by atoms with Crippen molar-refractivity contribution >= 4 is 17.0 Å².